The highest BCUT2D eigenvalue weighted by molar-refractivity contribution is 9.10. The fourth-order valence-corrected chi connectivity index (χ4v) is 5.13. The highest BCUT2D eigenvalue weighted by Crippen LogP contribution is 2.36. The molecule has 0 aliphatic carbocycles. The third-order valence-electron chi connectivity index (χ3n) is 7.17. The number of pyridine rings is 1. The maximum atomic E-state index is 15.6. The Hall–Kier alpha value is -4.24. The lowest BCUT2D eigenvalue weighted by Gasteiger charge is -2.43. The maximum absolute atomic E-state index is 15.6. The number of halogens is 3. The zero-order valence-electron chi connectivity index (χ0n) is 21.5. The molecule has 6 nitrogen and oxygen atoms in total. The van der Waals surface area contributed by atoms with Crippen LogP contribution in [0.25, 0.3) is 23.1 Å². The number of para-hydroxylation sites is 1. The minimum atomic E-state index is -1.80. The van der Waals surface area contributed by atoms with Gasteiger partial charge >= 0.3 is 0 Å². The van der Waals surface area contributed by atoms with E-state index in [-0.39, 0.29) is 30.5 Å². The number of benzene rings is 3. The number of fused-ring (bicyclic) bond motifs is 1. The quantitative estimate of drug-likeness (QED) is 0.215. The van der Waals surface area contributed by atoms with Crippen LogP contribution in [0.5, 0.6) is 0 Å². The van der Waals surface area contributed by atoms with Crippen LogP contribution in [0.2, 0.25) is 0 Å². The van der Waals surface area contributed by atoms with Gasteiger partial charge in [-0.15, -0.1) is 5.10 Å². The summed E-state index contributed by atoms with van der Waals surface area (Å²) in [6, 6.07) is 23.4. The lowest BCUT2D eigenvalue weighted by Crippen LogP contribution is -2.59. The minimum Gasteiger partial charge on any atom is -0.331 e. The molecule has 0 N–H and O–H groups in total. The normalized spacial score (nSPS) is 15.3. The fourth-order valence-electron chi connectivity index (χ4n) is 4.79. The lowest BCUT2D eigenvalue weighted by atomic mass is 9.92. The predicted octanol–water partition coefficient (Wildman–Crippen LogP) is 6.83. The predicted molar refractivity (Wildman–Crippen MR) is 154 cm³/mol. The number of hydrogen-bond donors (Lipinski definition) is 0. The molecule has 1 aliphatic heterocycles. The Balaban J connectivity index is 1.08. The molecule has 40 heavy (non-hydrogen) atoms. The largest absolute Gasteiger partial charge is 0.331 e. The topological polar surface area (TPSA) is 63.9 Å². The number of hydrogen-bond acceptors (Lipinski definition) is 4. The van der Waals surface area contributed by atoms with E-state index in [1.165, 1.54) is 21.8 Å². The number of aromatic nitrogens is 4. The van der Waals surface area contributed by atoms with Crippen LogP contribution >= 0.6 is 15.9 Å². The van der Waals surface area contributed by atoms with Crippen LogP contribution in [-0.2, 0) is 5.67 Å². The van der Waals surface area contributed by atoms with Gasteiger partial charge in [0.25, 0.3) is 5.91 Å². The average molecular weight is 600 g/mol. The summed E-state index contributed by atoms with van der Waals surface area (Å²) in [5.41, 5.74) is 1.91. The fraction of sp³-hybridized carbons (Fsp3) is 0.161. The van der Waals surface area contributed by atoms with Gasteiger partial charge in [-0.3, -0.25) is 4.79 Å². The summed E-state index contributed by atoms with van der Waals surface area (Å²) < 4.78 is 32.0. The van der Waals surface area contributed by atoms with Gasteiger partial charge in [0.2, 0.25) is 0 Å². The molecule has 6 rings (SSSR count). The summed E-state index contributed by atoms with van der Waals surface area (Å²) in [5.74, 6) is -0.640. The van der Waals surface area contributed by atoms with Gasteiger partial charge < -0.3 is 4.90 Å². The van der Waals surface area contributed by atoms with E-state index < -0.39 is 11.7 Å². The average Bonchev–Trinajstić information content (AvgIpc) is 3.45. The van der Waals surface area contributed by atoms with Crippen LogP contribution in [-0.4, -0.2) is 43.9 Å². The molecular formula is C31H24BrF2N5O. The number of amides is 1. The number of carbonyl (C=O) groups is 1. The molecule has 1 aliphatic rings. The van der Waals surface area contributed by atoms with Gasteiger partial charge in [-0.1, -0.05) is 69.7 Å². The number of rotatable bonds is 6. The van der Waals surface area contributed by atoms with Crippen molar-refractivity contribution < 1.29 is 13.6 Å². The Bertz CT molecular complexity index is 1740. The van der Waals surface area contributed by atoms with Crippen molar-refractivity contribution >= 4 is 44.9 Å². The van der Waals surface area contributed by atoms with E-state index >= 15 is 4.39 Å². The molecule has 0 bridgehead atoms. The van der Waals surface area contributed by atoms with E-state index in [0.717, 1.165) is 22.2 Å². The minimum absolute atomic E-state index is 0.124. The molecule has 1 fully saturated rings. The Labute approximate surface area is 238 Å². The highest BCUT2D eigenvalue weighted by Gasteiger charge is 2.49. The summed E-state index contributed by atoms with van der Waals surface area (Å²) in [6.07, 6.45) is 5.35. The van der Waals surface area contributed by atoms with Crippen molar-refractivity contribution in [3.05, 3.63) is 123 Å². The summed E-state index contributed by atoms with van der Waals surface area (Å²) in [6.45, 7) is 1.52. The first-order chi connectivity index (χ1) is 19.3. The number of likely N-dealkylation sites (tertiary alicyclic amines) is 1. The second-order valence-corrected chi connectivity index (χ2v) is 10.9. The molecule has 3 aromatic carbocycles. The second-order valence-electron chi connectivity index (χ2n) is 9.94. The highest BCUT2D eigenvalue weighted by atomic mass is 79.9. The van der Waals surface area contributed by atoms with Crippen LogP contribution in [0.15, 0.2) is 89.5 Å². The number of carbonyl (C=O) groups excluding carboxylic acids is 1. The Morgan fingerprint density at radius 3 is 2.58 bits per heavy atom. The van der Waals surface area contributed by atoms with Crippen LogP contribution in [0.1, 0.15) is 45.8 Å². The van der Waals surface area contributed by atoms with E-state index in [4.69, 9.17) is 0 Å². The molecule has 5 aromatic rings. The third kappa shape index (κ3) is 5.04. The van der Waals surface area contributed by atoms with Crippen molar-refractivity contribution in [2.75, 3.05) is 13.1 Å². The van der Waals surface area contributed by atoms with Crippen molar-refractivity contribution in [3.63, 3.8) is 0 Å². The van der Waals surface area contributed by atoms with Gasteiger partial charge in [-0.25, -0.2) is 18.4 Å². The number of nitrogens with zero attached hydrogens (tertiary/aromatic N) is 5. The molecule has 2 aromatic heterocycles. The molecule has 0 spiro atoms. The second kappa shape index (κ2) is 10.4. The lowest BCUT2D eigenvalue weighted by molar-refractivity contribution is -0.0258. The van der Waals surface area contributed by atoms with E-state index in [1.807, 2.05) is 60.7 Å². The zero-order chi connectivity index (χ0) is 27.9. The van der Waals surface area contributed by atoms with Crippen molar-refractivity contribution in [3.8, 4) is 0 Å². The van der Waals surface area contributed by atoms with E-state index in [9.17, 15) is 9.18 Å². The molecule has 9 heteroatoms. The zero-order valence-corrected chi connectivity index (χ0v) is 23.1. The molecule has 3 heterocycles. The SMILES string of the molecule is C[C@H](c1ccc(Br)cc1F)n1cc(C2(F)CN(C(=O)c3ccc(/C=C/c4ccc5ccccc5n4)cc3)C2)nn1. The van der Waals surface area contributed by atoms with Crippen LogP contribution in [0, 0.1) is 5.82 Å². The summed E-state index contributed by atoms with van der Waals surface area (Å²) >= 11 is 3.25. The van der Waals surface area contributed by atoms with Gasteiger partial charge in [0.15, 0.2) is 5.67 Å². The molecule has 1 saturated heterocycles. The van der Waals surface area contributed by atoms with E-state index in [0.29, 0.717) is 15.6 Å². The Morgan fingerprint density at radius 2 is 1.80 bits per heavy atom. The first kappa shape index (κ1) is 26.0. The first-order valence-corrected chi connectivity index (χ1v) is 13.6. The van der Waals surface area contributed by atoms with E-state index in [1.54, 1.807) is 31.2 Å². The van der Waals surface area contributed by atoms with Crippen molar-refractivity contribution in [1.29, 1.82) is 0 Å². The summed E-state index contributed by atoms with van der Waals surface area (Å²) in [5, 5.41) is 9.11. The van der Waals surface area contributed by atoms with Gasteiger partial charge in [0.1, 0.15) is 11.5 Å². The third-order valence-corrected chi connectivity index (χ3v) is 7.67. The number of alkyl halides is 1. The van der Waals surface area contributed by atoms with Crippen LogP contribution in [0.4, 0.5) is 8.78 Å². The molecule has 0 saturated carbocycles. The molecular weight excluding hydrogens is 576 g/mol. The standard InChI is InChI=1S/C31H24BrF2N5O/c1-20(26-15-12-24(32)16-27(26)33)39-17-29(36-37-39)31(34)18-38(19-31)30(40)23-9-6-21(7-10-23)8-13-25-14-11-22-4-2-3-5-28(22)35-25/h2-17,20H,18-19H2,1H3/b13-8+/t20-/m1/s1. The van der Waals surface area contributed by atoms with Crippen molar-refractivity contribution in [1.82, 2.24) is 24.9 Å². The Morgan fingerprint density at radius 1 is 1.02 bits per heavy atom. The van der Waals surface area contributed by atoms with Crippen molar-refractivity contribution in [2.24, 2.45) is 0 Å². The smallest absolute Gasteiger partial charge is 0.254 e. The molecule has 0 unspecified atom stereocenters. The van der Waals surface area contributed by atoms with Gasteiger partial charge in [-0.05, 0) is 55.0 Å². The van der Waals surface area contributed by atoms with E-state index in [2.05, 4.69) is 31.2 Å². The molecule has 1 atom stereocenters. The van der Waals surface area contributed by atoms with Gasteiger partial charge in [0, 0.05) is 21.0 Å². The summed E-state index contributed by atoms with van der Waals surface area (Å²) in [7, 11) is 0. The molecule has 200 valence electrons. The molecule has 0 radical (unpaired) electrons. The monoisotopic (exact) mass is 599 g/mol. The maximum Gasteiger partial charge on any atom is 0.254 e. The van der Waals surface area contributed by atoms with Crippen LogP contribution < -0.4 is 0 Å². The van der Waals surface area contributed by atoms with Crippen molar-refractivity contribution in [2.45, 2.75) is 18.6 Å². The Kier molecular flexibility index (Phi) is 6.75. The van der Waals surface area contributed by atoms with Gasteiger partial charge in [0.05, 0.1) is 36.5 Å². The van der Waals surface area contributed by atoms with Gasteiger partial charge in [-0.2, -0.15) is 0 Å². The van der Waals surface area contributed by atoms with Crippen LogP contribution in [0.3, 0.4) is 0 Å². The molecule has 1 amide bonds. The first-order valence-electron chi connectivity index (χ1n) is 12.8. The summed E-state index contributed by atoms with van der Waals surface area (Å²) in [4.78, 5) is 19.1.